The zero-order chi connectivity index (χ0) is 21.7. The van der Waals surface area contributed by atoms with Crippen molar-refractivity contribution >= 4 is 56.9 Å². The molecule has 0 spiro atoms. The largest absolute Gasteiger partial charge is 0.315 e. The molecular formula is C24H27Cl2N3O2S2. The van der Waals surface area contributed by atoms with Crippen LogP contribution in [0.1, 0.15) is 12.5 Å². The third kappa shape index (κ3) is 6.99. The lowest BCUT2D eigenvalue weighted by molar-refractivity contribution is 0.537. The first-order valence-electron chi connectivity index (χ1n) is 10.2. The van der Waals surface area contributed by atoms with Crippen LogP contribution in [-0.2, 0) is 16.4 Å². The van der Waals surface area contributed by atoms with Crippen molar-refractivity contribution in [3.8, 4) is 11.1 Å². The third-order valence-corrected chi connectivity index (χ3v) is 7.39. The van der Waals surface area contributed by atoms with E-state index in [4.69, 9.17) is 0 Å². The molecule has 0 unspecified atom stereocenters. The summed E-state index contributed by atoms with van der Waals surface area (Å²) < 4.78 is 28.8. The van der Waals surface area contributed by atoms with Crippen LogP contribution < -0.4 is 10.0 Å². The first-order chi connectivity index (χ1) is 15.0. The number of benzene rings is 2. The van der Waals surface area contributed by atoms with E-state index in [0.717, 1.165) is 34.9 Å². The lowest BCUT2D eigenvalue weighted by Crippen LogP contribution is -2.40. The van der Waals surface area contributed by atoms with Crippen molar-refractivity contribution in [2.75, 3.05) is 13.1 Å². The highest BCUT2D eigenvalue weighted by molar-refractivity contribution is 7.89. The molecular weight excluding hydrogens is 497 g/mol. The molecule has 0 saturated carbocycles. The van der Waals surface area contributed by atoms with Crippen LogP contribution in [-0.4, -0.2) is 32.5 Å². The van der Waals surface area contributed by atoms with Crippen LogP contribution in [0.2, 0.25) is 0 Å². The van der Waals surface area contributed by atoms with Gasteiger partial charge in [-0.2, -0.15) is 11.3 Å². The Bertz CT molecular complexity index is 1250. The van der Waals surface area contributed by atoms with E-state index < -0.39 is 10.0 Å². The van der Waals surface area contributed by atoms with Crippen molar-refractivity contribution in [1.82, 2.24) is 15.0 Å². The molecule has 2 heterocycles. The molecule has 1 atom stereocenters. The zero-order valence-corrected chi connectivity index (χ0v) is 21.4. The molecule has 2 aromatic heterocycles. The summed E-state index contributed by atoms with van der Waals surface area (Å²) in [6.07, 6.45) is 4.45. The second kappa shape index (κ2) is 12.5. The van der Waals surface area contributed by atoms with Gasteiger partial charge in [-0.1, -0.05) is 36.4 Å². The second-order valence-electron chi connectivity index (χ2n) is 7.54. The Kier molecular flexibility index (Phi) is 10.3. The topological polar surface area (TPSA) is 71.1 Å². The summed E-state index contributed by atoms with van der Waals surface area (Å²) in [5, 5.41) is 9.17. The van der Waals surface area contributed by atoms with E-state index in [-0.39, 0.29) is 35.8 Å². The second-order valence-corrected chi connectivity index (χ2v) is 10.0. The van der Waals surface area contributed by atoms with E-state index in [2.05, 4.69) is 27.2 Å². The quantitative estimate of drug-likeness (QED) is 0.292. The number of thiophene rings is 1. The number of halogens is 2. The summed E-state index contributed by atoms with van der Waals surface area (Å²) in [5.41, 5.74) is 3.24. The average Bonchev–Trinajstić information content (AvgIpc) is 3.31. The molecule has 2 aromatic carbocycles. The fraction of sp³-hybridized carbons (Fsp3) is 0.208. The first-order valence-corrected chi connectivity index (χ1v) is 12.6. The molecule has 0 amide bonds. The monoisotopic (exact) mass is 523 g/mol. The van der Waals surface area contributed by atoms with Crippen LogP contribution in [0, 0.1) is 0 Å². The van der Waals surface area contributed by atoms with Gasteiger partial charge in [0.2, 0.25) is 10.0 Å². The standard InChI is InChI=1S/C24H25N3O2S2.2ClH/c1-18(14-25-11-9-19-5-3-2-4-6-19)27-31(28,29)22-8-7-20-15-26-16-24(23(20)13-22)21-10-12-30-17-21;;/h2-8,10,12-13,15-18,25,27H,9,11,14H2,1H3;2*1H/t18-;;/m1../s1. The molecule has 4 rings (SSSR count). The summed E-state index contributed by atoms with van der Waals surface area (Å²) in [5.74, 6) is 0. The Morgan fingerprint density at radius 2 is 1.82 bits per heavy atom. The van der Waals surface area contributed by atoms with Gasteiger partial charge in [0, 0.05) is 35.9 Å². The van der Waals surface area contributed by atoms with Crippen molar-refractivity contribution in [2.45, 2.75) is 24.3 Å². The van der Waals surface area contributed by atoms with E-state index in [1.165, 1.54) is 5.56 Å². The zero-order valence-electron chi connectivity index (χ0n) is 18.1. The molecule has 0 bridgehead atoms. The number of hydrogen-bond donors (Lipinski definition) is 2. The number of fused-ring (bicyclic) bond motifs is 1. The maximum atomic E-state index is 13.0. The van der Waals surface area contributed by atoms with Crippen LogP contribution in [0.3, 0.4) is 0 Å². The maximum Gasteiger partial charge on any atom is 0.240 e. The Morgan fingerprint density at radius 1 is 1.03 bits per heavy atom. The molecule has 0 radical (unpaired) electrons. The fourth-order valence-electron chi connectivity index (χ4n) is 3.53. The van der Waals surface area contributed by atoms with Gasteiger partial charge in [0.05, 0.1) is 4.90 Å². The van der Waals surface area contributed by atoms with E-state index in [9.17, 15) is 8.42 Å². The van der Waals surface area contributed by atoms with Crippen molar-refractivity contribution in [3.05, 3.63) is 83.3 Å². The summed E-state index contributed by atoms with van der Waals surface area (Å²) in [6, 6.07) is 17.2. The number of nitrogens with one attached hydrogen (secondary N) is 2. The van der Waals surface area contributed by atoms with E-state index in [1.54, 1.807) is 35.9 Å². The van der Waals surface area contributed by atoms with E-state index >= 15 is 0 Å². The maximum absolute atomic E-state index is 13.0. The summed E-state index contributed by atoms with van der Waals surface area (Å²) >= 11 is 1.60. The van der Waals surface area contributed by atoms with E-state index in [0.29, 0.717) is 6.54 Å². The van der Waals surface area contributed by atoms with Crippen LogP contribution in [0.25, 0.3) is 21.9 Å². The van der Waals surface area contributed by atoms with Crippen molar-refractivity contribution in [3.63, 3.8) is 0 Å². The predicted molar refractivity (Wildman–Crippen MR) is 142 cm³/mol. The summed E-state index contributed by atoms with van der Waals surface area (Å²) in [6.45, 7) is 3.22. The minimum Gasteiger partial charge on any atom is -0.315 e. The molecule has 4 aromatic rings. The Balaban J connectivity index is 0.00000193. The Hall–Kier alpha value is -2.00. The lowest BCUT2D eigenvalue weighted by Gasteiger charge is -2.16. The van der Waals surface area contributed by atoms with Gasteiger partial charge in [0.1, 0.15) is 0 Å². The molecule has 0 aliphatic heterocycles. The number of sulfonamides is 1. The van der Waals surface area contributed by atoms with Crippen LogP contribution in [0.4, 0.5) is 0 Å². The molecule has 176 valence electrons. The van der Waals surface area contributed by atoms with Crippen LogP contribution >= 0.6 is 36.2 Å². The summed E-state index contributed by atoms with van der Waals surface area (Å²) in [7, 11) is -3.63. The Morgan fingerprint density at radius 3 is 2.55 bits per heavy atom. The minimum absolute atomic E-state index is 0. The first kappa shape index (κ1) is 27.2. The lowest BCUT2D eigenvalue weighted by atomic mass is 10.0. The fourth-order valence-corrected chi connectivity index (χ4v) is 5.45. The minimum atomic E-state index is -3.63. The van der Waals surface area contributed by atoms with Gasteiger partial charge in [-0.25, -0.2) is 13.1 Å². The molecule has 2 N–H and O–H groups in total. The number of hydrogen-bond acceptors (Lipinski definition) is 5. The number of pyridine rings is 1. The van der Waals surface area contributed by atoms with Gasteiger partial charge in [0.15, 0.2) is 0 Å². The van der Waals surface area contributed by atoms with Crippen molar-refractivity contribution in [1.29, 1.82) is 0 Å². The molecule has 0 aliphatic rings. The number of rotatable bonds is 9. The smallest absolute Gasteiger partial charge is 0.240 e. The highest BCUT2D eigenvalue weighted by atomic mass is 35.5. The van der Waals surface area contributed by atoms with Gasteiger partial charge in [-0.3, -0.25) is 4.98 Å². The van der Waals surface area contributed by atoms with E-state index in [1.807, 2.05) is 48.0 Å². The van der Waals surface area contributed by atoms with Crippen molar-refractivity contribution < 1.29 is 8.42 Å². The SMILES string of the molecule is C[C@H](CNCCc1ccccc1)NS(=O)(=O)c1ccc2cncc(-c3ccsc3)c2c1.Cl.Cl. The predicted octanol–water partition coefficient (Wildman–Crippen LogP) is 5.31. The third-order valence-electron chi connectivity index (χ3n) is 5.11. The van der Waals surface area contributed by atoms with Crippen molar-refractivity contribution in [2.24, 2.45) is 0 Å². The molecule has 0 saturated heterocycles. The van der Waals surface area contributed by atoms with Gasteiger partial charge >= 0.3 is 0 Å². The van der Waals surface area contributed by atoms with Gasteiger partial charge in [-0.05, 0) is 65.4 Å². The molecule has 33 heavy (non-hydrogen) atoms. The normalized spacial score (nSPS) is 12.0. The Labute approximate surface area is 211 Å². The van der Waals surface area contributed by atoms with Gasteiger partial charge in [0.25, 0.3) is 0 Å². The molecule has 5 nitrogen and oxygen atoms in total. The highest BCUT2D eigenvalue weighted by Gasteiger charge is 2.18. The summed E-state index contributed by atoms with van der Waals surface area (Å²) in [4.78, 5) is 4.57. The highest BCUT2D eigenvalue weighted by Crippen LogP contribution is 2.30. The number of aromatic nitrogens is 1. The number of nitrogens with zero attached hydrogens (tertiary/aromatic N) is 1. The van der Waals surface area contributed by atoms with Crippen LogP contribution in [0.5, 0.6) is 0 Å². The van der Waals surface area contributed by atoms with Gasteiger partial charge < -0.3 is 5.32 Å². The molecule has 0 fully saturated rings. The molecule has 9 heteroatoms. The van der Waals surface area contributed by atoms with Gasteiger partial charge in [-0.15, -0.1) is 24.8 Å². The molecule has 0 aliphatic carbocycles. The average molecular weight is 525 g/mol. The van der Waals surface area contributed by atoms with Crippen LogP contribution in [0.15, 0.2) is 82.6 Å².